The van der Waals surface area contributed by atoms with Crippen LogP contribution in [0.3, 0.4) is 0 Å². The molecule has 19 heavy (non-hydrogen) atoms. The fourth-order valence-electron chi connectivity index (χ4n) is 2.41. The molecule has 0 saturated carbocycles. The number of benzene rings is 1. The molecule has 0 aliphatic heterocycles. The van der Waals surface area contributed by atoms with Gasteiger partial charge in [0, 0.05) is 7.05 Å². The highest BCUT2D eigenvalue weighted by Crippen LogP contribution is 2.25. The van der Waals surface area contributed by atoms with Crippen molar-refractivity contribution in [3.63, 3.8) is 0 Å². The number of halogens is 1. The van der Waals surface area contributed by atoms with E-state index >= 15 is 0 Å². The van der Waals surface area contributed by atoms with Gasteiger partial charge in [0.05, 0.1) is 15.9 Å². The standard InChI is InChI=1S/C15H20BrN3/c1-11-15(16)14(19(2)18-11)9-8-13(10-17)12-6-4-3-5-7-12/h3-7,13H,8-10,17H2,1-2H3. The van der Waals surface area contributed by atoms with E-state index in [1.165, 1.54) is 11.3 Å². The maximum atomic E-state index is 5.92. The summed E-state index contributed by atoms with van der Waals surface area (Å²) in [4.78, 5) is 0. The number of nitrogens with two attached hydrogens (primary N) is 1. The third-order valence-electron chi connectivity index (χ3n) is 3.55. The normalized spacial score (nSPS) is 12.6. The lowest BCUT2D eigenvalue weighted by Crippen LogP contribution is -2.14. The molecule has 1 unspecified atom stereocenters. The lowest BCUT2D eigenvalue weighted by molar-refractivity contribution is 0.601. The quantitative estimate of drug-likeness (QED) is 0.919. The first-order chi connectivity index (χ1) is 9.13. The molecule has 1 aromatic carbocycles. The maximum absolute atomic E-state index is 5.92. The molecule has 0 aliphatic carbocycles. The van der Waals surface area contributed by atoms with Crippen LogP contribution >= 0.6 is 15.9 Å². The number of rotatable bonds is 5. The lowest BCUT2D eigenvalue weighted by Gasteiger charge is -2.15. The summed E-state index contributed by atoms with van der Waals surface area (Å²) < 4.78 is 3.08. The summed E-state index contributed by atoms with van der Waals surface area (Å²) in [6.45, 7) is 2.70. The highest BCUT2D eigenvalue weighted by molar-refractivity contribution is 9.10. The first-order valence-electron chi connectivity index (χ1n) is 6.56. The zero-order chi connectivity index (χ0) is 13.8. The fourth-order valence-corrected chi connectivity index (χ4v) is 2.94. The summed E-state index contributed by atoms with van der Waals surface area (Å²) in [6.07, 6.45) is 2.02. The van der Waals surface area contributed by atoms with Gasteiger partial charge in [0.25, 0.3) is 0 Å². The summed E-state index contributed by atoms with van der Waals surface area (Å²) in [5, 5.41) is 4.43. The number of hydrogen-bond donors (Lipinski definition) is 1. The Labute approximate surface area is 122 Å². The Kier molecular flexibility index (Phi) is 4.77. The molecule has 1 aromatic heterocycles. The van der Waals surface area contributed by atoms with Crippen molar-refractivity contribution in [1.29, 1.82) is 0 Å². The van der Waals surface area contributed by atoms with E-state index in [1.54, 1.807) is 0 Å². The van der Waals surface area contributed by atoms with Crippen molar-refractivity contribution in [2.45, 2.75) is 25.7 Å². The van der Waals surface area contributed by atoms with Crippen LogP contribution in [-0.4, -0.2) is 16.3 Å². The molecule has 0 bridgehead atoms. The second kappa shape index (κ2) is 6.35. The van der Waals surface area contributed by atoms with Gasteiger partial charge in [0.2, 0.25) is 0 Å². The van der Waals surface area contributed by atoms with Crippen molar-refractivity contribution in [1.82, 2.24) is 9.78 Å². The Morgan fingerprint density at radius 2 is 2.00 bits per heavy atom. The SMILES string of the molecule is Cc1nn(C)c(CCC(CN)c2ccccc2)c1Br. The third-order valence-corrected chi connectivity index (χ3v) is 4.58. The lowest BCUT2D eigenvalue weighted by atomic mass is 9.93. The van der Waals surface area contributed by atoms with E-state index < -0.39 is 0 Å². The van der Waals surface area contributed by atoms with E-state index in [-0.39, 0.29) is 0 Å². The highest BCUT2D eigenvalue weighted by Gasteiger charge is 2.14. The average Bonchev–Trinajstić information content (AvgIpc) is 2.66. The van der Waals surface area contributed by atoms with Crippen LogP contribution in [0.5, 0.6) is 0 Å². The first-order valence-corrected chi connectivity index (χ1v) is 7.35. The van der Waals surface area contributed by atoms with Crippen molar-refractivity contribution in [3.8, 4) is 0 Å². The molecule has 0 saturated heterocycles. The van der Waals surface area contributed by atoms with Crippen molar-refractivity contribution in [3.05, 3.63) is 51.8 Å². The molecule has 102 valence electrons. The molecule has 3 nitrogen and oxygen atoms in total. The molecule has 0 fully saturated rings. The smallest absolute Gasteiger partial charge is 0.0738 e. The predicted molar refractivity (Wildman–Crippen MR) is 82.2 cm³/mol. The van der Waals surface area contributed by atoms with Gasteiger partial charge in [0.1, 0.15) is 0 Å². The van der Waals surface area contributed by atoms with E-state index in [2.05, 4.69) is 45.3 Å². The number of aryl methyl sites for hydroxylation is 2. The molecular formula is C15H20BrN3. The molecule has 2 aromatic rings. The van der Waals surface area contributed by atoms with Gasteiger partial charge in [-0.3, -0.25) is 4.68 Å². The number of nitrogens with zero attached hydrogens (tertiary/aromatic N) is 2. The monoisotopic (exact) mass is 321 g/mol. The van der Waals surface area contributed by atoms with Gasteiger partial charge >= 0.3 is 0 Å². The van der Waals surface area contributed by atoms with Crippen molar-refractivity contribution in [2.24, 2.45) is 12.8 Å². The van der Waals surface area contributed by atoms with Gasteiger partial charge in [-0.05, 0) is 53.7 Å². The van der Waals surface area contributed by atoms with Crippen molar-refractivity contribution < 1.29 is 0 Å². The molecule has 4 heteroatoms. The van der Waals surface area contributed by atoms with Crippen LogP contribution in [0.2, 0.25) is 0 Å². The van der Waals surface area contributed by atoms with Crippen LogP contribution in [-0.2, 0) is 13.5 Å². The minimum Gasteiger partial charge on any atom is -0.330 e. The zero-order valence-corrected chi connectivity index (χ0v) is 13.0. The van der Waals surface area contributed by atoms with Gasteiger partial charge < -0.3 is 5.73 Å². The molecule has 2 N–H and O–H groups in total. The zero-order valence-electron chi connectivity index (χ0n) is 11.4. The molecular weight excluding hydrogens is 302 g/mol. The summed E-state index contributed by atoms with van der Waals surface area (Å²) in [6, 6.07) is 10.5. The Balaban J connectivity index is 2.08. The number of aromatic nitrogens is 2. The minimum absolute atomic E-state index is 0.406. The van der Waals surface area contributed by atoms with E-state index in [1.807, 2.05) is 24.7 Å². The summed E-state index contributed by atoms with van der Waals surface area (Å²) in [5.41, 5.74) is 9.52. The van der Waals surface area contributed by atoms with Crippen LogP contribution in [0.1, 0.15) is 29.3 Å². The van der Waals surface area contributed by atoms with Gasteiger partial charge in [-0.25, -0.2) is 0 Å². The van der Waals surface area contributed by atoms with Crippen molar-refractivity contribution in [2.75, 3.05) is 6.54 Å². The fraction of sp³-hybridized carbons (Fsp3) is 0.400. The van der Waals surface area contributed by atoms with E-state index in [0.29, 0.717) is 12.5 Å². The van der Waals surface area contributed by atoms with Crippen LogP contribution in [0, 0.1) is 6.92 Å². The van der Waals surface area contributed by atoms with Gasteiger partial charge in [0.15, 0.2) is 0 Å². The molecule has 2 rings (SSSR count). The van der Waals surface area contributed by atoms with E-state index in [0.717, 1.165) is 23.0 Å². The summed E-state index contributed by atoms with van der Waals surface area (Å²) in [5.74, 6) is 0.406. The van der Waals surface area contributed by atoms with Crippen LogP contribution in [0.4, 0.5) is 0 Å². The third kappa shape index (κ3) is 3.25. The Hall–Kier alpha value is -1.13. The second-order valence-corrected chi connectivity index (χ2v) is 5.64. The second-order valence-electron chi connectivity index (χ2n) is 4.85. The first kappa shape index (κ1) is 14.3. The highest BCUT2D eigenvalue weighted by atomic mass is 79.9. The number of hydrogen-bond acceptors (Lipinski definition) is 2. The Morgan fingerprint density at radius 3 is 2.53 bits per heavy atom. The topological polar surface area (TPSA) is 43.8 Å². The van der Waals surface area contributed by atoms with Crippen LogP contribution in [0.15, 0.2) is 34.8 Å². The van der Waals surface area contributed by atoms with Gasteiger partial charge in [-0.15, -0.1) is 0 Å². The van der Waals surface area contributed by atoms with Crippen molar-refractivity contribution >= 4 is 15.9 Å². The molecule has 0 spiro atoms. The van der Waals surface area contributed by atoms with Crippen LogP contribution < -0.4 is 5.73 Å². The van der Waals surface area contributed by atoms with Crippen LogP contribution in [0.25, 0.3) is 0 Å². The van der Waals surface area contributed by atoms with E-state index in [4.69, 9.17) is 5.73 Å². The molecule has 1 heterocycles. The minimum atomic E-state index is 0.406. The molecule has 1 atom stereocenters. The van der Waals surface area contributed by atoms with Gasteiger partial charge in [-0.2, -0.15) is 5.10 Å². The Bertz CT molecular complexity index is 534. The summed E-state index contributed by atoms with van der Waals surface area (Å²) in [7, 11) is 1.99. The molecule has 0 amide bonds. The van der Waals surface area contributed by atoms with E-state index in [9.17, 15) is 0 Å². The van der Waals surface area contributed by atoms with Gasteiger partial charge in [-0.1, -0.05) is 30.3 Å². The summed E-state index contributed by atoms with van der Waals surface area (Å²) >= 11 is 3.61. The maximum Gasteiger partial charge on any atom is 0.0738 e. The predicted octanol–water partition coefficient (Wildman–Crippen LogP) is 3.17. The average molecular weight is 322 g/mol. The Morgan fingerprint density at radius 1 is 1.32 bits per heavy atom. The molecule has 0 radical (unpaired) electrons. The molecule has 0 aliphatic rings. The largest absolute Gasteiger partial charge is 0.330 e.